The molecule has 1 unspecified atom stereocenters. The van der Waals surface area contributed by atoms with Gasteiger partial charge in [-0.25, -0.2) is 0 Å². The molecule has 0 aliphatic rings. The summed E-state index contributed by atoms with van der Waals surface area (Å²) >= 11 is 0. The number of aliphatic hydroxyl groups is 1. The van der Waals surface area contributed by atoms with E-state index in [4.69, 9.17) is 5.11 Å². The van der Waals surface area contributed by atoms with Crippen LogP contribution in [0, 0.1) is 6.92 Å². The molecular weight excluding hydrogens is 264 g/mol. The number of hydrogen-bond donors (Lipinski definition) is 1. The van der Waals surface area contributed by atoms with Crippen molar-refractivity contribution in [1.29, 1.82) is 0 Å². The monoisotopic (exact) mass is 284 g/mol. The molecule has 4 nitrogen and oxygen atoms in total. The molecule has 0 fully saturated rings. The van der Waals surface area contributed by atoms with E-state index < -0.39 is 0 Å². The fourth-order valence-electron chi connectivity index (χ4n) is 2.07. The van der Waals surface area contributed by atoms with Gasteiger partial charge in [0.1, 0.15) is 0 Å². The number of aromatic nitrogens is 1. The summed E-state index contributed by atoms with van der Waals surface area (Å²) < 4.78 is 0. The van der Waals surface area contributed by atoms with Gasteiger partial charge >= 0.3 is 0 Å². The molecule has 1 aromatic heterocycles. The van der Waals surface area contributed by atoms with Gasteiger partial charge in [-0.05, 0) is 25.5 Å². The van der Waals surface area contributed by atoms with E-state index in [-0.39, 0.29) is 18.6 Å². The van der Waals surface area contributed by atoms with Crippen LogP contribution in [0.1, 0.15) is 22.8 Å². The number of pyridine rings is 1. The molecule has 4 heteroatoms. The molecule has 1 aromatic carbocycles. The number of hydrogen-bond acceptors (Lipinski definition) is 3. The lowest BCUT2D eigenvalue weighted by atomic mass is 10.0. The molecule has 0 bridgehead atoms. The minimum Gasteiger partial charge on any atom is -0.394 e. The summed E-state index contributed by atoms with van der Waals surface area (Å²) in [6.45, 7) is 3.77. The summed E-state index contributed by atoms with van der Waals surface area (Å²) in [5, 5.41) is 9.15. The van der Waals surface area contributed by atoms with Crippen molar-refractivity contribution in [3.05, 3.63) is 53.9 Å². The van der Waals surface area contributed by atoms with Gasteiger partial charge in [-0.1, -0.05) is 29.8 Å². The van der Waals surface area contributed by atoms with Crippen molar-refractivity contribution in [2.45, 2.75) is 19.9 Å². The number of carbonyl (C=O) groups is 1. The summed E-state index contributed by atoms with van der Waals surface area (Å²) in [6, 6.07) is 9.69. The van der Waals surface area contributed by atoms with Crippen molar-refractivity contribution in [2.24, 2.45) is 0 Å². The smallest absolute Gasteiger partial charge is 0.255 e. The number of carbonyl (C=O) groups excluding carboxylic acids is 1. The second-order valence-electron chi connectivity index (χ2n) is 5.28. The molecule has 2 rings (SSSR count). The van der Waals surface area contributed by atoms with E-state index in [0.717, 1.165) is 16.7 Å². The number of amides is 1. The molecule has 0 spiro atoms. The lowest BCUT2D eigenvalue weighted by Gasteiger charge is -2.23. The first-order chi connectivity index (χ1) is 10.0. The first kappa shape index (κ1) is 15.2. The van der Waals surface area contributed by atoms with Crippen molar-refractivity contribution in [2.75, 3.05) is 13.7 Å². The molecule has 0 aliphatic carbocycles. The van der Waals surface area contributed by atoms with E-state index in [9.17, 15) is 4.79 Å². The fraction of sp³-hybridized carbons (Fsp3) is 0.294. The zero-order valence-electron chi connectivity index (χ0n) is 12.6. The lowest BCUT2D eigenvalue weighted by Crippen LogP contribution is -2.37. The van der Waals surface area contributed by atoms with Crippen molar-refractivity contribution in [3.8, 4) is 11.1 Å². The molecule has 1 atom stereocenters. The van der Waals surface area contributed by atoms with Crippen molar-refractivity contribution >= 4 is 5.91 Å². The van der Waals surface area contributed by atoms with Gasteiger partial charge in [-0.3, -0.25) is 9.78 Å². The van der Waals surface area contributed by atoms with Crippen molar-refractivity contribution in [3.63, 3.8) is 0 Å². The SMILES string of the molecule is Cc1cccc(-c2cncc(C(=O)N(C)C(C)CO)c2)c1. The van der Waals surface area contributed by atoms with Crippen LogP contribution in [0.25, 0.3) is 11.1 Å². The predicted octanol–water partition coefficient (Wildman–Crippen LogP) is 2.51. The maximum atomic E-state index is 12.4. The minimum atomic E-state index is -0.222. The van der Waals surface area contributed by atoms with Gasteiger partial charge in [0.25, 0.3) is 5.91 Å². The molecule has 2 aromatic rings. The van der Waals surface area contributed by atoms with Crippen LogP contribution in [0.4, 0.5) is 0 Å². The standard InChI is InChI=1S/C17H20N2O2/c1-12-5-4-6-14(7-12)15-8-16(10-18-9-15)17(21)19(3)13(2)11-20/h4-10,13,20H,11H2,1-3H3. The normalized spacial score (nSPS) is 12.0. The maximum Gasteiger partial charge on any atom is 0.255 e. The second kappa shape index (κ2) is 6.50. The van der Waals surface area contributed by atoms with Crippen LogP contribution in [-0.4, -0.2) is 40.6 Å². The average Bonchev–Trinajstić information content (AvgIpc) is 2.52. The summed E-state index contributed by atoms with van der Waals surface area (Å²) in [6.07, 6.45) is 3.31. The summed E-state index contributed by atoms with van der Waals surface area (Å²) in [5.41, 5.74) is 3.64. The molecule has 110 valence electrons. The number of aryl methyl sites for hydroxylation is 1. The Balaban J connectivity index is 2.32. The Morgan fingerprint density at radius 1 is 1.29 bits per heavy atom. The van der Waals surface area contributed by atoms with E-state index in [1.165, 1.54) is 4.90 Å². The average molecular weight is 284 g/mol. The van der Waals surface area contributed by atoms with Gasteiger partial charge in [-0.2, -0.15) is 0 Å². The molecule has 0 saturated carbocycles. The Hall–Kier alpha value is -2.20. The van der Waals surface area contributed by atoms with E-state index in [0.29, 0.717) is 5.56 Å². The first-order valence-electron chi connectivity index (χ1n) is 6.93. The van der Waals surface area contributed by atoms with Gasteiger partial charge in [0.2, 0.25) is 0 Å². The number of rotatable bonds is 4. The van der Waals surface area contributed by atoms with Crippen molar-refractivity contribution < 1.29 is 9.90 Å². The Morgan fingerprint density at radius 3 is 2.71 bits per heavy atom. The molecule has 1 amide bonds. The number of nitrogens with zero attached hydrogens (tertiary/aromatic N) is 2. The minimum absolute atomic E-state index is 0.0623. The predicted molar refractivity (Wildman–Crippen MR) is 83.1 cm³/mol. The second-order valence-corrected chi connectivity index (χ2v) is 5.28. The van der Waals surface area contributed by atoms with Gasteiger partial charge in [-0.15, -0.1) is 0 Å². The van der Waals surface area contributed by atoms with Gasteiger partial charge in [0.15, 0.2) is 0 Å². The molecular formula is C17H20N2O2. The van der Waals surface area contributed by atoms with Crippen molar-refractivity contribution in [1.82, 2.24) is 9.88 Å². The third kappa shape index (κ3) is 3.47. The first-order valence-corrected chi connectivity index (χ1v) is 6.93. The third-order valence-electron chi connectivity index (χ3n) is 3.58. The highest BCUT2D eigenvalue weighted by Crippen LogP contribution is 2.21. The Bertz CT molecular complexity index is 640. The highest BCUT2D eigenvalue weighted by molar-refractivity contribution is 5.95. The van der Waals surface area contributed by atoms with Crippen LogP contribution in [-0.2, 0) is 0 Å². The highest BCUT2D eigenvalue weighted by Gasteiger charge is 2.17. The molecule has 21 heavy (non-hydrogen) atoms. The van der Waals surface area contributed by atoms with Crippen LogP contribution >= 0.6 is 0 Å². The highest BCUT2D eigenvalue weighted by atomic mass is 16.3. The van der Waals surface area contributed by atoms with Crippen LogP contribution in [0.15, 0.2) is 42.7 Å². The number of benzene rings is 1. The largest absolute Gasteiger partial charge is 0.394 e. The van der Waals surface area contributed by atoms with Crippen LogP contribution in [0.2, 0.25) is 0 Å². The number of aliphatic hydroxyl groups excluding tert-OH is 1. The van der Waals surface area contributed by atoms with Gasteiger partial charge in [0, 0.05) is 25.0 Å². The summed E-state index contributed by atoms with van der Waals surface area (Å²) in [4.78, 5) is 18.1. The molecule has 0 radical (unpaired) electrons. The van der Waals surface area contributed by atoms with E-state index in [1.807, 2.05) is 31.2 Å². The van der Waals surface area contributed by atoms with E-state index in [1.54, 1.807) is 26.4 Å². The Morgan fingerprint density at radius 2 is 2.05 bits per heavy atom. The zero-order valence-corrected chi connectivity index (χ0v) is 12.6. The summed E-state index contributed by atoms with van der Waals surface area (Å²) in [7, 11) is 1.68. The summed E-state index contributed by atoms with van der Waals surface area (Å²) in [5.74, 6) is -0.140. The Kier molecular flexibility index (Phi) is 4.70. The fourth-order valence-corrected chi connectivity index (χ4v) is 2.07. The van der Waals surface area contributed by atoms with Gasteiger partial charge < -0.3 is 10.0 Å². The van der Waals surface area contributed by atoms with E-state index in [2.05, 4.69) is 11.1 Å². The van der Waals surface area contributed by atoms with Crippen LogP contribution in [0.3, 0.4) is 0 Å². The molecule has 1 N–H and O–H groups in total. The third-order valence-corrected chi connectivity index (χ3v) is 3.58. The molecule has 0 aliphatic heterocycles. The van der Waals surface area contributed by atoms with Gasteiger partial charge in [0.05, 0.1) is 18.2 Å². The molecule has 1 heterocycles. The van der Waals surface area contributed by atoms with E-state index >= 15 is 0 Å². The zero-order chi connectivity index (χ0) is 15.4. The number of likely N-dealkylation sites (N-methyl/N-ethyl adjacent to an activating group) is 1. The Labute approximate surface area is 125 Å². The maximum absolute atomic E-state index is 12.4. The topological polar surface area (TPSA) is 53.4 Å². The lowest BCUT2D eigenvalue weighted by molar-refractivity contribution is 0.0682. The van der Waals surface area contributed by atoms with Crippen LogP contribution < -0.4 is 0 Å². The molecule has 0 saturated heterocycles. The van der Waals surface area contributed by atoms with Crippen LogP contribution in [0.5, 0.6) is 0 Å². The quantitative estimate of drug-likeness (QED) is 0.938.